The van der Waals surface area contributed by atoms with Gasteiger partial charge in [0.2, 0.25) is 0 Å². The van der Waals surface area contributed by atoms with E-state index in [0.29, 0.717) is 0 Å². The Morgan fingerprint density at radius 2 is 0.875 bits per heavy atom. The summed E-state index contributed by atoms with van der Waals surface area (Å²) in [6, 6.07) is 53.0. The molecule has 0 radical (unpaired) electrons. The number of benzene rings is 7. The van der Waals surface area contributed by atoms with Crippen molar-refractivity contribution in [2.75, 3.05) is 0 Å². The van der Waals surface area contributed by atoms with Crippen LogP contribution in [0.4, 0.5) is 0 Å². The second-order valence-corrected chi connectivity index (χ2v) is 10.6. The summed E-state index contributed by atoms with van der Waals surface area (Å²) in [7, 11) is 0. The van der Waals surface area contributed by atoms with Gasteiger partial charge in [-0.1, -0.05) is 103 Å². The van der Waals surface area contributed by atoms with Gasteiger partial charge in [-0.25, -0.2) is 0 Å². The molecule has 186 valence electrons. The van der Waals surface area contributed by atoms with Crippen molar-refractivity contribution in [1.29, 1.82) is 0 Å². The molecule has 0 N–H and O–H groups in total. The molecule has 0 unspecified atom stereocenters. The number of nitrogens with zero attached hydrogens (tertiary/aromatic N) is 2. The lowest BCUT2D eigenvalue weighted by molar-refractivity contribution is 1.15. The molecule has 0 spiro atoms. The zero-order valence-electron chi connectivity index (χ0n) is 21.8. The van der Waals surface area contributed by atoms with E-state index in [2.05, 4.69) is 155 Å². The standard InChI is InChI=1S/C38H24N2/c1-3-14-28(15-4-1)39-34-22-19-25-11-9-10-18-30(25)36(34)32-21-20-31-33-23-26-12-7-8-13-27(26)24-35(33)40(37(31)38(32)39)29-16-5-2-6-17-29/h1-24H. The average Bonchev–Trinajstić information content (AvgIpc) is 3.53. The van der Waals surface area contributed by atoms with Gasteiger partial charge in [-0.2, -0.15) is 0 Å². The van der Waals surface area contributed by atoms with Gasteiger partial charge in [0.25, 0.3) is 0 Å². The van der Waals surface area contributed by atoms with Crippen LogP contribution in [0, 0.1) is 0 Å². The first-order valence-corrected chi connectivity index (χ1v) is 13.8. The normalized spacial score (nSPS) is 12.0. The SMILES string of the molecule is c1ccc(-n2c3cc4ccccc4cc3c3ccc4c5c6ccccc6ccc5n(-c5ccccc5)c4c32)cc1. The van der Waals surface area contributed by atoms with Gasteiger partial charge >= 0.3 is 0 Å². The molecule has 0 bridgehead atoms. The third-order valence-electron chi connectivity index (χ3n) is 8.44. The first-order valence-electron chi connectivity index (χ1n) is 13.8. The molecular formula is C38H24N2. The van der Waals surface area contributed by atoms with E-state index in [0.717, 1.165) is 0 Å². The van der Waals surface area contributed by atoms with E-state index in [1.54, 1.807) is 0 Å². The second kappa shape index (κ2) is 8.08. The highest BCUT2D eigenvalue weighted by Gasteiger charge is 2.22. The van der Waals surface area contributed by atoms with Crippen molar-refractivity contribution in [1.82, 2.24) is 9.13 Å². The summed E-state index contributed by atoms with van der Waals surface area (Å²) in [6.07, 6.45) is 0. The third kappa shape index (κ3) is 2.88. The Morgan fingerprint density at radius 3 is 1.60 bits per heavy atom. The van der Waals surface area contributed by atoms with Crippen molar-refractivity contribution in [3.63, 3.8) is 0 Å². The van der Waals surface area contributed by atoms with Crippen molar-refractivity contribution in [2.24, 2.45) is 0 Å². The van der Waals surface area contributed by atoms with Crippen molar-refractivity contribution in [3.05, 3.63) is 146 Å². The minimum atomic E-state index is 1.17. The van der Waals surface area contributed by atoms with E-state index in [4.69, 9.17) is 0 Å². The fourth-order valence-electron chi connectivity index (χ4n) is 6.74. The highest BCUT2D eigenvalue weighted by Crippen LogP contribution is 2.44. The van der Waals surface area contributed by atoms with Gasteiger partial charge in [0.15, 0.2) is 0 Å². The lowest BCUT2D eigenvalue weighted by atomic mass is 10.0. The van der Waals surface area contributed by atoms with Crippen LogP contribution < -0.4 is 0 Å². The van der Waals surface area contributed by atoms with E-state index in [-0.39, 0.29) is 0 Å². The van der Waals surface area contributed by atoms with Crippen LogP contribution in [0.2, 0.25) is 0 Å². The summed E-state index contributed by atoms with van der Waals surface area (Å²) < 4.78 is 4.94. The molecular weight excluding hydrogens is 484 g/mol. The number of rotatable bonds is 2. The number of hydrogen-bond donors (Lipinski definition) is 0. The molecule has 0 atom stereocenters. The number of fused-ring (bicyclic) bond motifs is 10. The largest absolute Gasteiger partial charge is 0.307 e. The second-order valence-electron chi connectivity index (χ2n) is 10.6. The summed E-state index contributed by atoms with van der Waals surface area (Å²) in [4.78, 5) is 0. The average molecular weight is 509 g/mol. The molecule has 0 aliphatic heterocycles. The molecule has 9 aromatic rings. The smallest absolute Gasteiger partial charge is 0.0789 e. The molecule has 0 saturated carbocycles. The molecule has 7 aromatic carbocycles. The summed E-state index contributed by atoms with van der Waals surface area (Å²) in [5.74, 6) is 0. The molecule has 0 fully saturated rings. The number of aromatic nitrogens is 2. The zero-order chi connectivity index (χ0) is 26.2. The van der Waals surface area contributed by atoms with Crippen LogP contribution in [0.25, 0.3) is 76.5 Å². The molecule has 40 heavy (non-hydrogen) atoms. The van der Waals surface area contributed by atoms with E-state index < -0.39 is 0 Å². The lowest BCUT2D eigenvalue weighted by Crippen LogP contribution is -1.98. The Hall–Kier alpha value is -5.34. The van der Waals surface area contributed by atoms with E-state index >= 15 is 0 Å². The Bertz CT molecular complexity index is 2410. The van der Waals surface area contributed by atoms with Crippen LogP contribution in [0.1, 0.15) is 0 Å². The third-order valence-corrected chi connectivity index (χ3v) is 8.44. The molecule has 2 heterocycles. The first-order chi connectivity index (χ1) is 19.9. The van der Waals surface area contributed by atoms with Crippen LogP contribution in [-0.4, -0.2) is 9.13 Å². The van der Waals surface area contributed by atoms with Crippen LogP contribution in [-0.2, 0) is 0 Å². The molecule has 2 aromatic heterocycles. The minimum absolute atomic E-state index is 1.17. The van der Waals surface area contributed by atoms with Crippen molar-refractivity contribution < 1.29 is 0 Å². The summed E-state index contributed by atoms with van der Waals surface area (Å²) in [5, 5.41) is 10.2. The predicted octanol–water partition coefficient (Wildman–Crippen LogP) is 10.2. The molecule has 2 heteroatoms. The summed E-state index contributed by atoms with van der Waals surface area (Å²) >= 11 is 0. The van der Waals surface area contributed by atoms with Gasteiger partial charge in [-0.05, 0) is 64.0 Å². The van der Waals surface area contributed by atoms with Crippen LogP contribution in [0.5, 0.6) is 0 Å². The lowest BCUT2D eigenvalue weighted by Gasteiger charge is -2.12. The Kier molecular flexibility index (Phi) is 4.36. The van der Waals surface area contributed by atoms with Gasteiger partial charge in [-0.3, -0.25) is 0 Å². The van der Waals surface area contributed by atoms with Gasteiger partial charge < -0.3 is 9.13 Å². The molecule has 9 rings (SSSR count). The highest BCUT2D eigenvalue weighted by molar-refractivity contribution is 6.29. The number of para-hydroxylation sites is 2. The number of hydrogen-bond acceptors (Lipinski definition) is 0. The molecule has 0 amide bonds. The van der Waals surface area contributed by atoms with Crippen molar-refractivity contribution in [2.45, 2.75) is 0 Å². The fraction of sp³-hybridized carbons (Fsp3) is 0. The van der Waals surface area contributed by atoms with Gasteiger partial charge in [0, 0.05) is 32.9 Å². The maximum absolute atomic E-state index is 2.47. The zero-order valence-corrected chi connectivity index (χ0v) is 21.8. The highest BCUT2D eigenvalue weighted by atomic mass is 15.0. The summed E-state index contributed by atoms with van der Waals surface area (Å²) in [6.45, 7) is 0. The van der Waals surface area contributed by atoms with Crippen LogP contribution in [0.3, 0.4) is 0 Å². The molecule has 0 aliphatic rings. The monoisotopic (exact) mass is 508 g/mol. The Balaban J connectivity index is 1.60. The van der Waals surface area contributed by atoms with Gasteiger partial charge in [0.05, 0.1) is 22.1 Å². The Labute approximate surface area is 230 Å². The molecule has 2 nitrogen and oxygen atoms in total. The van der Waals surface area contributed by atoms with Crippen molar-refractivity contribution >= 4 is 65.2 Å². The van der Waals surface area contributed by atoms with E-state index in [9.17, 15) is 0 Å². The maximum Gasteiger partial charge on any atom is 0.0789 e. The van der Waals surface area contributed by atoms with Crippen LogP contribution >= 0.6 is 0 Å². The van der Waals surface area contributed by atoms with E-state index in [1.165, 1.54) is 76.5 Å². The van der Waals surface area contributed by atoms with Crippen LogP contribution in [0.15, 0.2) is 146 Å². The van der Waals surface area contributed by atoms with E-state index in [1.807, 2.05) is 0 Å². The minimum Gasteiger partial charge on any atom is -0.307 e. The topological polar surface area (TPSA) is 9.86 Å². The van der Waals surface area contributed by atoms with Gasteiger partial charge in [0.1, 0.15) is 0 Å². The maximum atomic E-state index is 2.47. The molecule has 0 aliphatic carbocycles. The van der Waals surface area contributed by atoms with Crippen molar-refractivity contribution in [3.8, 4) is 11.4 Å². The summed E-state index contributed by atoms with van der Waals surface area (Å²) in [5.41, 5.74) is 7.25. The quantitative estimate of drug-likeness (QED) is 0.220. The first kappa shape index (κ1) is 21.6. The predicted molar refractivity (Wildman–Crippen MR) is 170 cm³/mol. The molecule has 0 saturated heterocycles. The van der Waals surface area contributed by atoms with Gasteiger partial charge in [-0.15, -0.1) is 0 Å². The Morgan fingerprint density at radius 1 is 0.325 bits per heavy atom. The fourth-order valence-corrected chi connectivity index (χ4v) is 6.74.